The second-order valence-electron chi connectivity index (χ2n) is 7.29. The van der Waals surface area contributed by atoms with Gasteiger partial charge in [0.15, 0.2) is 0 Å². The molecule has 3 heterocycles. The molecule has 1 aromatic heterocycles. The molecule has 1 fully saturated rings. The third-order valence-electron chi connectivity index (χ3n) is 5.22. The first-order chi connectivity index (χ1) is 14.1. The largest absolute Gasteiger partial charge is 0.473 e. The van der Waals surface area contributed by atoms with Crippen LogP contribution in [0, 0.1) is 0 Å². The highest BCUT2D eigenvalue weighted by molar-refractivity contribution is 5.84. The van der Waals surface area contributed by atoms with Crippen molar-refractivity contribution in [2.24, 2.45) is 4.99 Å². The zero-order valence-electron chi connectivity index (χ0n) is 17.9. The van der Waals surface area contributed by atoms with E-state index >= 15 is 0 Å². The number of aliphatic imine (C=N–C) groups is 1. The summed E-state index contributed by atoms with van der Waals surface area (Å²) >= 11 is 0. The summed E-state index contributed by atoms with van der Waals surface area (Å²) < 4.78 is 16.9. The van der Waals surface area contributed by atoms with Crippen molar-refractivity contribution in [1.29, 1.82) is 0 Å². The lowest BCUT2D eigenvalue weighted by Gasteiger charge is -2.31. The summed E-state index contributed by atoms with van der Waals surface area (Å²) in [4.78, 5) is 11.6. The third-order valence-corrected chi connectivity index (χ3v) is 5.22. The first-order valence-corrected chi connectivity index (χ1v) is 10.2. The van der Waals surface area contributed by atoms with Gasteiger partial charge in [-0.3, -0.25) is 4.99 Å². The molecule has 0 amide bonds. The summed E-state index contributed by atoms with van der Waals surface area (Å²) in [6.45, 7) is 7.84. The molecule has 1 saturated heterocycles. The molecule has 2 aliphatic rings. The van der Waals surface area contributed by atoms with Crippen molar-refractivity contribution >= 4 is 17.5 Å². The predicted octanol–water partition coefficient (Wildman–Crippen LogP) is 3.03. The maximum atomic E-state index is 6.19. The van der Waals surface area contributed by atoms with Gasteiger partial charge in [-0.1, -0.05) is 6.08 Å². The molecule has 2 aliphatic heterocycles. The smallest absolute Gasteiger partial charge is 0.237 e. The number of allylic oxidation sites excluding steroid dienone is 4. The lowest BCUT2D eigenvalue weighted by molar-refractivity contribution is 0.120. The number of rotatable bonds is 8. The van der Waals surface area contributed by atoms with Crippen LogP contribution < -0.4 is 15.0 Å². The minimum atomic E-state index is 0.0256. The highest BCUT2D eigenvalue weighted by atomic mass is 16.5. The Hall–Kier alpha value is -2.38. The Morgan fingerprint density at radius 1 is 1.31 bits per heavy atom. The van der Waals surface area contributed by atoms with Crippen LogP contribution in [-0.2, 0) is 9.47 Å². The predicted molar refractivity (Wildman–Crippen MR) is 117 cm³/mol. The van der Waals surface area contributed by atoms with E-state index in [-0.39, 0.29) is 6.10 Å². The van der Waals surface area contributed by atoms with Gasteiger partial charge in [-0.15, -0.1) is 0 Å². The maximum Gasteiger partial charge on any atom is 0.237 e. The Kier molecular flexibility index (Phi) is 7.66. The molecule has 3 rings (SSSR count). The van der Waals surface area contributed by atoms with Crippen molar-refractivity contribution in [1.82, 2.24) is 10.3 Å². The van der Waals surface area contributed by atoms with E-state index in [0.29, 0.717) is 25.7 Å². The van der Waals surface area contributed by atoms with E-state index in [4.69, 9.17) is 19.2 Å². The van der Waals surface area contributed by atoms with Crippen LogP contribution in [0.5, 0.6) is 5.88 Å². The van der Waals surface area contributed by atoms with Gasteiger partial charge in [-0.25, -0.2) is 4.98 Å². The molecular weight excluding hydrogens is 368 g/mol. The van der Waals surface area contributed by atoms with Gasteiger partial charge in [0.2, 0.25) is 5.88 Å². The maximum absolute atomic E-state index is 6.19. The molecule has 158 valence electrons. The van der Waals surface area contributed by atoms with E-state index in [1.807, 2.05) is 26.4 Å². The van der Waals surface area contributed by atoms with Gasteiger partial charge in [0.25, 0.3) is 0 Å². The summed E-state index contributed by atoms with van der Waals surface area (Å²) in [6, 6.07) is 2.18. The number of nitrogens with one attached hydrogen (secondary N) is 1. The van der Waals surface area contributed by atoms with Crippen LogP contribution in [0.2, 0.25) is 0 Å². The molecule has 1 aromatic rings. The first-order valence-electron chi connectivity index (χ1n) is 10.2. The van der Waals surface area contributed by atoms with Crippen molar-refractivity contribution in [2.75, 3.05) is 52.0 Å². The summed E-state index contributed by atoms with van der Waals surface area (Å²) in [6.07, 6.45) is 7.57. The first kappa shape index (κ1) is 21.3. The molecule has 1 atom stereocenters. The van der Waals surface area contributed by atoms with Gasteiger partial charge in [-0.2, -0.15) is 0 Å². The van der Waals surface area contributed by atoms with E-state index in [9.17, 15) is 0 Å². The van der Waals surface area contributed by atoms with Crippen LogP contribution in [0.3, 0.4) is 0 Å². The van der Waals surface area contributed by atoms with E-state index in [1.54, 1.807) is 7.11 Å². The van der Waals surface area contributed by atoms with Crippen LogP contribution in [-0.4, -0.2) is 64.4 Å². The van der Waals surface area contributed by atoms with Gasteiger partial charge < -0.3 is 24.4 Å². The zero-order valence-corrected chi connectivity index (χ0v) is 17.9. The molecule has 29 heavy (non-hydrogen) atoms. The summed E-state index contributed by atoms with van der Waals surface area (Å²) in [5.74, 6) is 0.668. The number of aromatic nitrogens is 1. The molecule has 0 saturated carbocycles. The fourth-order valence-corrected chi connectivity index (χ4v) is 3.41. The number of ether oxygens (including phenoxy) is 3. The van der Waals surface area contributed by atoms with Crippen LogP contribution >= 0.6 is 0 Å². The minimum Gasteiger partial charge on any atom is -0.473 e. The lowest BCUT2D eigenvalue weighted by Crippen LogP contribution is -2.36. The number of methoxy groups -OCH3 is 1. The Morgan fingerprint density at radius 2 is 2.10 bits per heavy atom. The zero-order chi connectivity index (χ0) is 20.6. The van der Waals surface area contributed by atoms with E-state index in [1.165, 1.54) is 5.57 Å². The number of hydrogen-bond donors (Lipinski definition) is 1. The van der Waals surface area contributed by atoms with Gasteiger partial charge >= 0.3 is 0 Å². The highest BCUT2D eigenvalue weighted by Crippen LogP contribution is 2.34. The monoisotopic (exact) mass is 400 g/mol. The lowest BCUT2D eigenvalue weighted by atomic mass is 10.0. The standard InChI is InChI=1S/C22H32N4O3/c1-16(7-10-27-4)29-22-21(26-8-11-28-12-9-26)13-18(14-25-22)20-6-5-19(23-3)15-24-17(20)2/h5,13-16,23H,6-12H2,1-4H3. The van der Waals surface area contributed by atoms with Gasteiger partial charge in [-0.05, 0) is 31.9 Å². The Balaban J connectivity index is 1.91. The topological polar surface area (TPSA) is 68.2 Å². The van der Waals surface area contributed by atoms with Crippen LogP contribution in [0.15, 0.2) is 34.7 Å². The number of pyridine rings is 1. The third kappa shape index (κ3) is 5.58. The van der Waals surface area contributed by atoms with Crippen molar-refractivity contribution < 1.29 is 14.2 Å². The minimum absolute atomic E-state index is 0.0256. The van der Waals surface area contributed by atoms with Crippen molar-refractivity contribution in [3.05, 3.63) is 35.3 Å². The van der Waals surface area contributed by atoms with Gasteiger partial charge in [0, 0.05) is 69.6 Å². The number of nitrogens with zero attached hydrogens (tertiary/aromatic N) is 3. The molecule has 7 nitrogen and oxygen atoms in total. The van der Waals surface area contributed by atoms with Crippen molar-refractivity contribution in [3.63, 3.8) is 0 Å². The Labute approximate surface area is 173 Å². The summed E-state index contributed by atoms with van der Waals surface area (Å²) in [5.41, 5.74) is 5.29. The second-order valence-corrected chi connectivity index (χ2v) is 7.29. The molecule has 1 N–H and O–H groups in total. The van der Waals surface area contributed by atoms with E-state index < -0.39 is 0 Å². The number of hydrogen-bond acceptors (Lipinski definition) is 7. The van der Waals surface area contributed by atoms with Crippen LogP contribution in [0.25, 0.3) is 5.57 Å². The molecule has 0 spiro atoms. The molecule has 7 heteroatoms. The normalized spacial score (nSPS) is 18.3. The average molecular weight is 401 g/mol. The van der Waals surface area contributed by atoms with Crippen molar-refractivity contribution in [3.8, 4) is 5.88 Å². The van der Waals surface area contributed by atoms with E-state index in [0.717, 1.165) is 48.6 Å². The van der Waals surface area contributed by atoms with Crippen LogP contribution in [0.1, 0.15) is 32.3 Å². The summed E-state index contributed by atoms with van der Waals surface area (Å²) in [5, 5.41) is 3.16. The molecule has 0 aromatic carbocycles. The molecule has 1 unspecified atom stereocenters. The fraction of sp³-hybridized carbons (Fsp3) is 0.545. The Bertz CT molecular complexity index is 782. The van der Waals surface area contributed by atoms with Gasteiger partial charge in [0.05, 0.1) is 19.3 Å². The van der Waals surface area contributed by atoms with E-state index in [2.05, 4.69) is 34.3 Å². The van der Waals surface area contributed by atoms with Crippen molar-refractivity contribution in [2.45, 2.75) is 32.8 Å². The van der Waals surface area contributed by atoms with Gasteiger partial charge in [0.1, 0.15) is 5.69 Å². The second kappa shape index (κ2) is 10.4. The number of morpholine rings is 1. The SMILES string of the molecule is CNC1=CCC(c2cnc(OC(C)CCOC)c(N3CCOCC3)c2)=C(C)N=C1. The summed E-state index contributed by atoms with van der Waals surface area (Å²) in [7, 11) is 3.62. The molecule has 0 aliphatic carbocycles. The van der Waals surface area contributed by atoms with Crippen LogP contribution in [0.4, 0.5) is 5.69 Å². The average Bonchev–Trinajstić information content (AvgIpc) is 2.94. The molecular formula is C22H32N4O3. The fourth-order valence-electron chi connectivity index (χ4n) is 3.41. The molecule has 0 bridgehead atoms. The Morgan fingerprint density at radius 3 is 2.83 bits per heavy atom. The molecule has 0 radical (unpaired) electrons. The highest BCUT2D eigenvalue weighted by Gasteiger charge is 2.20. The number of anilines is 1. The quantitative estimate of drug-likeness (QED) is 0.723.